The van der Waals surface area contributed by atoms with Crippen molar-refractivity contribution < 1.29 is 23.1 Å². The maximum atomic E-state index is 12.9. The Morgan fingerprint density at radius 3 is 2.29 bits per heavy atom. The molecule has 1 aliphatic heterocycles. The molecule has 1 unspecified atom stereocenters. The quantitative estimate of drug-likeness (QED) is 0.615. The highest BCUT2D eigenvalue weighted by Crippen LogP contribution is 2.23. The van der Waals surface area contributed by atoms with Gasteiger partial charge in [0.1, 0.15) is 6.04 Å². The molecule has 1 saturated heterocycles. The number of halogens is 1. The third-order valence-corrected chi connectivity index (χ3v) is 7.23. The Kier molecular flexibility index (Phi) is 6.36. The van der Waals surface area contributed by atoms with Crippen molar-refractivity contribution in [3.63, 3.8) is 0 Å². The van der Waals surface area contributed by atoms with Gasteiger partial charge in [-0.05, 0) is 52.4 Å². The zero-order valence-electron chi connectivity index (χ0n) is 14.9. The van der Waals surface area contributed by atoms with Crippen molar-refractivity contribution in [2.75, 3.05) is 19.6 Å². The summed E-state index contributed by atoms with van der Waals surface area (Å²) in [6.07, 6.45) is 0.150. The normalized spacial score (nSPS) is 18.0. The average molecular weight is 514 g/mol. The minimum Gasteiger partial charge on any atom is -0.480 e. The summed E-state index contributed by atoms with van der Waals surface area (Å²) in [7, 11) is -3.97. The van der Waals surface area contributed by atoms with E-state index in [1.807, 2.05) is 30.3 Å². The van der Waals surface area contributed by atoms with E-state index >= 15 is 0 Å². The van der Waals surface area contributed by atoms with Gasteiger partial charge >= 0.3 is 5.97 Å². The Balaban J connectivity index is 1.78. The molecular weight excluding hydrogens is 495 g/mol. The minimum atomic E-state index is -3.97. The smallest absolute Gasteiger partial charge is 0.323 e. The standard InChI is InChI=1S/C19H19IN2O5S/c20-15-6-8-16(9-7-15)28(26,27)22-11-10-21(13-17(22)19(24)25)18(23)12-14-4-2-1-3-5-14/h1-9,17H,10-13H2,(H,24,25). The Labute approximate surface area is 177 Å². The van der Waals surface area contributed by atoms with E-state index in [4.69, 9.17) is 0 Å². The Morgan fingerprint density at radius 2 is 1.68 bits per heavy atom. The van der Waals surface area contributed by atoms with Crippen molar-refractivity contribution in [2.45, 2.75) is 17.4 Å². The molecule has 1 fully saturated rings. The van der Waals surface area contributed by atoms with Gasteiger partial charge in [-0.15, -0.1) is 0 Å². The summed E-state index contributed by atoms with van der Waals surface area (Å²) in [5.74, 6) is -1.49. The molecule has 7 nitrogen and oxygen atoms in total. The summed E-state index contributed by atoms with van der Waals surface area (Å²) in [6, 6.07) is 14.1. The third-order valence-electron chi connectivity index (χ3n) is 4.59. The van der Waals surface area contributed by atoms with E-state index in [2.05, 4.69) is 22.6 Å². The van der Waals surface area contributed by atoms with Crippen molar-refractivity contribution in [2.24, 2.45) is 0 Å². The van der Waals surface area contributed by atoms with E-state index in [1.165, 1.54) is 17.0 Å². The second-order valence-electron chi connectivity index (χ2n) is 6.43. The number of carboxylic acid groups (broad SMARTS) is 1. The molecule has 2 aromatic rings. The van der Waals surface area contributed by atoms with E-state index in [0.29, 0.717) is 0 Å². The van der Waals surface area contributed by atoms with Gasteiger partial charge in [0.05, 0.1) is 11.3 Å². The van der Waals surface area contributed by atoms with Gasteiger partial charge in [-0.3, -0.25) is 9.59 Å². The highest BCUT2D eigenvalue weighted by molar-refractivity contribution is 14.1. The number of carbonyl (C=O) groups excluding carboxylic acids is 1. The average Bonchev–Trinajstić information content (AvgIpc) is 2.68. The van der Waals surface area contributed by atoms with Crippen LogP contribution in [0.1, 0.15) is 5.56 Å². The van der Waals surface area contributed by atoms with Crippen LogP contribution in [-0.4, -0.2) is 60.3 Å². The molecule has 0 saturated carbocycles. The van der Waals surface area contributed by atoms with Gasteiger partial charge in [-0.1, -0.05) is 30.3 Å². The maximum absolute atomic E-state index is 12.9. The Bertz CT molecular complexity index is 964. The van der Waals surface area contributed by atoms with Gasteiger partial charge in [0.25, 0.3) is 0 Å². The maximum Gasteiger partial charge on any atom is 0.323 e. The number of carbonyl (C=O) groups is 2. The molecular formula is C19H19IN2O5S. The zero-order chi connectivity index (χ0) is 20.3. The molecule has 1 aliphatic rings. The minimum absolute atomic E-state index is 0.0447. The van der Waals surface area contributed by atoms with Crippen LogP contribution in [0.25, 0.3) is 0 Å². The number of rotatable bonds is 5. The molecule has 148 valence electrons. The number of sulfonamides is 1. The van der Waals surface area contributed by atoms with Gasteiger partial charge in [0, 0.05) is 23.2 Å². The summed E-state index contributed by atoms with van der Waals surface area (Å²) >= 11 is 2.07. The van der Waals surface area contributed by atoms with Gasteiger partial charge in [0.15, 0.2) is 0 Å². The van der Waals surface area contributed by atoms with E-state index in [0.717, 1.165) is 13.4 Å². The molecule has 0 aromatic heterocycles. The van der Waals surface area contributed by atoms with Crippen LogP contribution >= 0.6 is 22.6 Å². The SMILES string of the molecule is O=C(O)C1CN(C(=O)Cc2ccccc2)CCN1S(=O)(=O)c1ccc(I)cc1. The van der Waals surface area contributed by atoms with Crippen LogP contribution in [0.15, 0.2) is 59.5 Å². The third kappa shape index (κ3) is 4.53. The molecule has 1 amide bonds. The fourth-order valence-corrected chi connectivity index (χ4v) is 5.03. The molecule has 0 radical (unpaired) electrons. The first-order chi connectivity index (χ1) is 13.3. The first-order valence-corrected chi connectivity index (χ1v) is 11.1. The van der Waals surface area contributed by atoms with Crippen LogP contribution < -0.4 is 0 Å². The number of piperazine rings is 1. The lowest BCUT2D eigenvalue weighted by Gasteiger charge is -2.38. The van der Waals surface area contributed by atoms with Crippen molar-refractivity contribution in [1.82, 2.24) is 9.21 Å². The fourth-order valence-electron chi connectivity index (χ4n) is 3.11. The van der Waals surface area contributed by atoms with Crippen LogP contribution in [-0.2, 0) is 26.0 Å². The lowest BCUT2D eigenvalue weighted by molar-refractivity contribution is -0.145. The van der Waals surface area contributed by atoms with E-state index in [1.54, 1.807) is 12.1 Å². The predicted molar refractivity (Wildman–Crippen MR) is 111 cm³/mol. The molecule has 2 aromatic carbocycles. The summed E-state index contributed by atoms with van der Waals surface area (Å²) in [4.78, 5) is 25.8. The second-order valence-corrected chi connectivity index (χ2v) is 9.56. The molecule has 9 heteroatoms. The second kappa shape index (κ2) is 8.58. The lowest BCUT2D eigenvalue weighted by Crippen LogP contribution is -2.59. The van der Waals surface area contributed by atoms with E-state index < -0.39 is 22.0 Å². The van der Waals surface area contributed by atoms with E-state index in [9.17, 15) is 23.1 Å². The number of hydrogen-bond donors (Lipinski definition) is 1. The molecule has 0 bridgehead atoms. The number of benzene rings is 2. The predicted octanol–water partition coefficient (Wildman–Crippen LogP) is 1.82. The molecule has 1 N–H and O–H groups in total. The summed E-state index contributed by atoms with van der Waals surface area (Å²) in [5, 5.41) is 9.61. The molecule has 28 heavy (non-hydrogen) atoms. The molecule has 1 heterocycles. The number of aliphatic carboxylic acids is 1. The summed E-state index contributed by atoms with van der Waals surface area (Å²) < 4.78 is 27.7. The highest BCUT2D eigenvalue weighted by Gasteiger charge is 2.41. The van der Waals surface area contributed by atoms with Gasteiger partial charge < -0.3 is 10.0 Å². The van der Waals surface area contributed by atoms with E-state index in [-0.39, 0.29) is 36.9 Å². The molecule has 0 spiro atoms. The number of carboxylic acids is 1. The molecule has 0 aliphatic carbocycles. The van der Waals surface area contributed by atoms with Gasteiger partial charge in [-0.25, -0.2) is 8.42 Å². The molecule has 1 atom stereocenters. The zero-order valence-corrected chi connectivity index (χ0v) is 17.8. The van der Waals surface area contributed by atoms with Gasteiger partial charge in [-0.2, -0.15) is 4.31 Å². The number of nitrogens with zero attached hydrogens (tertiary/aromatic N) is 2. The fraction of sp³-hybridized carbons (Fsp3) is 0.263. The van der Waals surface area contributed by atoms with Crippen molar-refractivity contribution in [1.29, 1.82) is 0 Å². The van der Waals surface area contributed by atoms with Crippen LogP contribution in [0, 0.1) is 3.57 Å². The topological polar surface area (TPSA) is 95.0 Å². The number of amides is 1. The van der Waals surface area contributed by atoms with Crippen LogP contribution in [0.4, 0.5) is 0 Å². The monoisotopic (exact) mass is 514 g/mol. The molecule has 3 rings (SSSR count). The van der Waals surface area contributed by atoms with Crippen LogP contribution in [0.3, 0.4) is 0 Å². The first-order valence-electron chi connectivity index (χ1n) is 8.61. The van der Waals surface area contributed by atoms with Crippen molar-refractivity contribution in [3.8, 4) is 0 Å². The van der Waals surface area contributed by atoms with Crippen molar-refractivity contribution >= 4 is 44.5 Å². The largest absolute Gasteiger partial charge is 0.480 e. The summed E-state index contributed by atoms with van der Waals surface area (Å²) in [5.41, 5.74) is 0.827. The Morgan fingerprint density at radius 1 is 1.04 bits per heavy atom. The highest BCUT2D eigenvalue weighted by atomic mass is 127. The number of hydrogen-bond acceptors (Lipinski definition) is 4. The summed E-state index contributed by atoms with van der Waals surface area (Å²) in [6.45, 7) is -0.0878. The van der Waals surface area contributed by atoms with Crippen LogP contribution in [0.2, 0.25) is 0 Å². The van der Waals surface area contributed by atoms with Crippen molar-refractivity contribution in [3.05, 3.63) is 63.7 Å². The Hall–Kier alpha value is -1.98. The lowest BCUT2D eigenvalue weighted by atomic mass is 10.1. The van der Waals surface area contributed by atoms with Crippen LogP contribution in [0.5, 0.6) is 0 Å². The van der Waals surface area contributed by atoms with Gasteiger partial charge in [0.2, 0.25) is 15.9 Å². The first kappa shape index (κ1) is 20.7.